The van der Waals surface area contributed by atoms with Gasteiger partial charge in [-0.25, -0.2) is 0 Å². The van der Waals surface area contributed by atoms with Gasteiger partial charge in [-0.15, -0.1) is 0 Å². The zero-order valence-electron chi connectivity index (χ0n) is 10.9. The smallest absolute Gasteiger partial charge is 0.237 e. The Hall–Kier alpha value is -1.20. The van der Waals surface area contributed by atoms with Gasteiger partial charge >= 0.3 is 0 Å². The first-order valence-corrected chi connectivity index (χ1v) is 7.34. The third-order valence-corrected chi connectivity index (χ3v) is 4.21. The number of nitrogens with zero attached hydrogens (tertiary/aromatic N) is 1. The lowest BCUT2D eigenvalue weighted by Gasteiger charge is -2.12. The van der Waals surface area contributed by atoms with Crippen molar-refractivity contribution in [2.45, 2.75) is 19.1 Å². The minimum Gasteiger partial charge on any atom is -0.363 e. The molecule has 0 unspecified atom stereocenters. The molecule has 2 N–H and O–H groups in total. The molecule has 0 aliphatic carbocycles. The van der Waals surface area contributed by atoms with Gasteiger partial charge in [0.05, 0.1) is 11.8 Å². The molecule has 1 aromatic carbocycles. The van der Waals surface area contributed by atoms with Gasteiger partial charge in [0.25, 0.3) is 0 Å². The Morgan fingerprint density at radius 3 is 3.00 bits per heavy atom. The summed E-state index contributed by atoms with van der Waals surface area (Å²) < 4.78 is 0. The average Bonchev–Trinajstić information content (AvgIpc) is 2.86. The number of nitrogens with one attached hydrogen (secondary N) is 2. The minimum absolute atomic E-state index is 0.0543. The molecule has 1 aromatic rings. The van der Waals surface area contributed by atoms with Crippen LogP contribution in [0.2, 0.25) is 5.02 Å². The fraction of sp³-hybridized carbons (Fsp3) is 0.385. The lowest BCUT2D eigenvalue weighted by atomic mass is 10.2. The van der Waals surface area contributed by atoms with E-state index in [-0.39, 0.29) is 11.2 Å². The van der Waals surface area contributed by atoms with Crippen LogP contribution in [0.25, 0.3) is 0 Å². The first-order chi connectivity index (χ1) is 9.06. The molecule has 0 spiro atoms. The molecule has 1 aliphatic rings. The first-order valence-electron chi connectivity index (χ1n) is 6.08. The van der Waals surface area contributed by atoms with Gasteiger partial charge in [-0.2, -0.15) is 0 Å². The highest BCUT2D eigenvalue weighted by molar-refractivity contribution is 8.14. The van der Waals surface area contributed by atoms with Crippen molar-refractivity contribution in [3.8, 4) is 0 Å². The van der Waals surface area contributed by atoms with Gasteiger partial charge < -0.3 is 10.6 Å². The summed E-state index contributed by atoms with van der Waals surface area (Å²) in [5, 5.41) is 7.28. The summed E-state index contributed by atoms with van der Waals surface area (Å²) in [7, 11) is 0. The Labute approximate surface area is 122 Å². The van der Waals surface area contributed by atoms with Gasteiger partial charge in [0, 0.05) is 17.3 Å². The molecular weight excluding hydrogens is 282 g/mol. The normalized spacial score (nSPS) is 15.6. The third-order valence-electron chi connectivity index (χ3n) is 2.74. The summed E-state index contributed by atoms with van der Waals surface area (Å²) in [6.45, 7) is 5.42. The van der Waals surface area contributed by atoms with Gasteiger partial charge in [0.2, 0.25) is 5.91 Å². The molecule has 2 rings (SSSR count). The number of aryl methyl sites for hydroxylation is 1. The van der Waals surface area contributed by atoms with Crippen LogP contribution in [0, 0.1) is 6.92 Å². The van der Waals surface area contributed by atoms with Gasteiger partial charge in [-0.05, 0) is 31.5 Å². The number of hydrogen-bond acceptors (Lipinski definition) is 4. The van der Waals surface area contributed by atoms with Gasteiger partial charge in [-0.3, -0.25) is 9.79 Å². The van der Waals surface area contributed by atoms with Crippen LogP contribution in [-0.4, -0.2) is 29.4 Å². The van der Waals surface area contributed by atoms with E-state index >= 15 is 0 Å². The number of benzene rings is 1. The summed E-state index contributed by atoms with van der Waals surface area (Å²) in [5.74, 6) is -0.0543. The molecule has 1 aliphatic heterocycles. The van der Waals surface area contributed by atoms with E-state index in [1.54, 1.807) is 6.07 Å². The molecule has 1 atom stereocenters. The second-order valence-corrected chi connectivity index (χ2v) is 6.06. The highest BCUT2D eigenvalue weighted by atomic mass is 35.5. The maximum Gasteiger partial charge on any atom is 0.237 e. The number of aliphatic imine (C=N–C) groups is 1. The first kappa shape index (κ1) is 14.2. The van der Waals surface area contributed by atoms with E-state index in [9.17, 15) is 4.79 Å². The highest BCUT2D eigenvalue weighted by Crippen LogP contribution is 2.21. The van der Waals surface area contributed by atoms with Crippen LogP contribution >= 0.6 is 23.4 Å². The Morgan fingerprint density at radius 1 is 1.58 bits per heavy atom. The van der Waals surface area contributed by atoms with Gasteiger partial charge in [0.15, 0.2) is 5.17 Å². The third kappa shape index (κ3) is 3.88. The van der Waals surface area contributed by atoms with Crippen LogP contribution in [-0.2, 0) is 4.79 Å². The number of carbonyl (C=O) groups is 1. The lowest BCUT2D eigenvalue weighted by Crippen LogP contribution is -2.26. The van der Waals surface area contributed by atoms with Crippen molar-refractivity contribution in [2.75, 3.05) is 18.4 Å². The summed E-state index contributed by atoms with van der Waals surface area (Å²) in [4.78, 5) is 16.3. The molecule has 19 heavy (non-hydrogen) atoms. The Morgan fingerprint density at radius 2 is 2.37 bits per heavy atom. The van der Waals surface area contributed by atoms with Gasteiger partial charge in [0.1, 0.15) is 0 Å². The maximum absolute atomic E-state index is 12.0. The minimum atomic E-state index is -0.204. The zero-order valence-corrected chi connectivity index (χ0v) is 12.4. The average molecular weight is 298 g/mol. The van der Waals surface area contributed by atoms with Crippen LogP contribution < -0.4 is 10.6 Å². The summed E-state index contributed by atoms with van der Waals surface area (Å²) in [6.07, 6.45) is 0. The molecular formula is C13H16ClN3OS. The van der Waals surface area contributed by atoms with E-state index in [2.05, 4.69) is 15.6 Å². The molecule has 0 saturated carbocycles. The van der Waals surface area contributed by atoms with Crippen molar-refractivity contribution >= 4 is 40.1 Å². The fourth-order valence-electron chi connectivity index (χ4n) is 1.59. The van der Waals surface area contributed by atoms with Crippen LogP contribution in [0.3, 0.4) is 0 Å². The quantitative estimate of drug-likeness (QED) is 0.902. The molecule has 0 radical (unpaired) electrons. The van der Waals surface area contributed by atoms with E-state index in [0.29, 0.717) is 5.02 Å². The number of anilines is 1. The molecule has 1 amide bonds. The Bertz CT molecular complexity index is 519. The fourth-order valence-corrected chi connectivity index (χ4v) is 2.62. The van der Waals surface area contributed by atoms with Crippen molar-refractivity contribution in [3.05, 3.63) is 28.8 Å². The standard InChI is InChI=1S/C13H16ClN3OS/c1-8-3-4-10(7-11(8)14)17-12(18)9(2)19-13-15-5-6-16-13/h3-4,7,9H,5-6H2,1-2H3,(H,15,16)(H,17,18)/t9-/m1/s1. The van der Waals surface area contributed by atoms with Crippen molar-refractivity contribution in [1.29, 1.82) is 0 Å². The predicted octanol–water partition coefficient (Wildman–Crippen LogP) is 2.67. The number of hydrogen-bond donors (Lipinski definition) is 2. The second-order valence-electron chi connectivity index (χ2n) is 4.33. The predicted molar refractivity (Wildman–Crippen MR) is 82.2 cm³/mol. The van der Waals surface area contributed by atoms with E-state index in [0.717, 1.165) is 29.5 Å². The SMILES string of the molecule is Cc1ccc(NC(=O)[C@@H](C)SC2=NCCN2)cc1Cl. The molecule has 4 nitrogen and oxygen atoms in total. The number of rotatable bonds is 3. The van der Waals surface area contributed by atoms with Crippen LogP contribution in [0.15, 0.2) is 23.2 Å². The molecule has 1 heterocycles. The van der Waals surface area contributed by atoms with Crippen molar-refractivity contribution in [3.63, 3.8) is 0 Å². The van der Waals surface area contributed by atoms with E-state index in [1.807, 2.05) is 26.0 Å². The number of carbonyl (C=O) groups excluding carboxylic acids is 1. The van der Waals surface area contributed by atoms with Crippen molar-refractivity contribution < 1.29 is 4.79 Å². The monoisotopic (exact) mass is 297 g/mol. The summed E-state index contributed by atoms with van der Waals surface area (Å²) >= 11 is 7.46. The van der Waals surface area contributed by atoms with Crippen LogP contribution in [0.5, 0.6) is 0 Å². The van der Waals surface area contributed by atoms with Gasteiger partial charge in [-0.1, -0.05) is 29.4 Å². The second kappa shape index (κ2) is 6.30. The zero-order chi connectivity index (χ0) is 13.8. The molecule has 6 heteroatoms. The van der Waals surface area contributed by atoms with Crippen molar-refractivity contribution in [2.24, 2.45) is 4.99 Å². The number of amides is 1. The molecule has 102 valence electrons. The molecule has 0 saturated heterocycles. The highest BCUT2D eigenvalue weighted by Gasteiger charge is 2.18. The maximum atomic E-state index is 12.0. The number of halogens is 1. The lowest BCUT2D eigenvalue weighted by molar-refractivity contribution is -0.115. The van der Waals surface area contributed by atoms with E-state index < -0.39 is 0 Å². The van der Waals surface area contributed by atoms with Crippen LogP contribution in [0.4, 0.5) is 5.69 Å². The number of thioether (sulfide) groups is 1. The Balaban J connectivity index is 1.94. The van der Waals surface area contributed by atoms with Crippen LogP contribution in [0.1, 0.15) is 12.5 Å². The molecule has 0 aromatic heterocycles. The topological polar surface area (TPSA) is 53.5 Å². The molecule has 0 fully saturated rings. The Kier molecular flexibility index (Phi) is 4.71. The largest absolute Gasteiger partial charge is 0.363 e. The summed E-state index contributed by atoms with van der Waals surface area (Å²) in [5.41, 5.74) is 1.71. The summed E-state index contributed by atoms with van der Waals surface area (Å²) in [6, 6.07) is 5.50. The molecule has 0 bridgehead atoms. The van der Waals surface area contributed by atoms with Crippen molar-refractivity contribution in [1.82, 2.24) is 5.32 Å². The number of amidine groups is 1. The van der Waals surface area contributed by atoms with E-state index in [4.69, 9.17) is 11.6 Å². The van der Waals surface area contributed by atoms with E-state index in [1.165, 1.54) is 11.8 Å².